The minimum Gasteiger partial charge on any atom is -0.504 e. The molecule has 38 heavy (non-hydrogen) atoms. The van der Waals surface area contributed by atoms with Gasteiger partial charge in [0.1, 0.15) is 11.7 Å². The van der Waals surface area contributed by atoms with Gasteiger partial charge in [0.25, 0.3) is 0 Å². The first-order valence-electron chi connectivity index (χ1n) is 13.8. The predicted octanol–water partition coefficient (Wildman–Crippen LogP) is 3.66. The number of ether oxygens (including phenoxy) is 2. The van der Waals surface area contributed by atoms with Crippen LogP contribution in [0.4, 0.5) is 0 Å². The van der Waals surface area contributed by atoms with Gasteiger partial charge in [0.05, 0.1) is 30.0 Å². The number of esters is 1. The molecule has 1 spiro atoms. The number of likely N-dealkylation sites (N-methyl/N-ethyl adjacent to an activating group) is 1. The molecule has 2 aliphatic heterocycles. The average molecular weight is 519 g/mol. The summed E-state index contributed by atoms with van der Waals surface area (Å²) >= 11 is 0. The SMILES string of the molecule is CC(=O)O[C@@]12CC[C@H](N(C)C(=O)/C=C/c3ccoc3)[C@@H]3Oc4c(O)ccc5c4[C@@]31CCN(CC1CC1)[C@@H]2C5. The van der Waals surface area contributed by atoms with Crippen LogP contribution in [0.1, 0.15) is 55.7 Å². The molecule has 5 atom stereocenters. The first-order valence-corrected chi connectivity index (χ1v) is 13.8. The summed E-state index contributed by atoms with van der Waals surface area (Å²) in [4.78, 5) is 30.4. The summed E-state index contributed by atoms with van der Waals surface area (Å²) in [5.41, 5.74) is 1.57. The average Bonchev–Trinajstić information content (AvgIpc) is 3.40. The number of amides is 1. The molecular formula is C30H34N2O6. The Labute approximate surface area is 222 Å². The van der Waals surface area contributed by atoms with Crippen LogP contribution in [0.3, 0.4) is 0 Å². The lowest BCUT2D eigenvalue weighted by molar-refractivity contribution is -0.223. The number of nitrogens with zero attached hydrogens (tertiary/aromatic N) is 2. The van der Waals surface area contributed by atoms with Crippen LogP contribution in [0.25, 0.3) is 6.08 Å². The Kier molecular flexibility index (Phi) is 5.25. The molecule has 5 aliphatic rings. The first kappa shape index (κ1) is 23.8. The number of rotatable bonds is 6. The summed E-state index contributed by atoms with van der Waals surface area (Å²) in [6.45, 7) is 3.40. The van der Waals surface area contributed by atoms with Crippen molar-refractivity contribution in [2.24, 2.45) is 5.92 Å². The molecular weight excluding hydrogens is 484 g/mol. The zero-order valence-corrected chi connectivity index (χ0v) is 21.9. The monoisotopic (exact) mass is 518 g/mol. The standard InChI is InChI=1S/C30H34N2O6/c1-18(33)38-30-11-9-22(31(2)25(35)8-5-20-10-14-36-17-20)28-29(30)12-13-32(16-19-3-4-19)24(30)15-21-6-7-23(34)27(37-28)26(21)29/h5-8,10,14,17,19,22,24,28,34H,3-4,9,11-13,15-16H2,1-2H3/b8-5+/t22-,24+,28-,29-,30+/m0/s1. The lowest BCUT2D eigenvalue weighted by atomic mass is 9.48. The molecule has 3 fully saturated rings. The molecule has 1 N–H and O–H groups in total. The molecule has 2 aromatic rings. The van der Waals surface area contributed by atoms with Gasteiger partial charge in [-0.1, -0.05) is 6.07 Å². The summed E-state index contributed by atoms with van der Waals surface area (Å²) in [5.74, 6) is 0.905. The number of aromatic hydroxyl groups is 1. The summed E-state index contributed by atoms with van der Waals surface area (Å²) in [6, 6.07) is 5.33. The number of benzene rings is 1. The van der Waals surface area contributed by atoms with E-state index in [1.165, 1.54) is 19.8 Å². The molecule has 8 nitrogen and oxygen atoms in total. The summed E-state index contributed by atoms with van der Waals surface area (Å²) in [7, 11) is 1.82. The highest BCUT2D eigenvalue weighted by molar-refractivity contribution is 5.92. The first-order chi connectivity index (χ1) is 18.3. The normalized spacial score (nSPS) is 33.1. The number of furan rings is 1. The second kappa shape index (κ2) is 8.37. The molecule has 3 aliphatic carbocycles. The van der Waals surface area contributed by atoms with Crippen molar-refractivity contribution in [1.82, 2.24) is 9.80 Å². The molecule has 2 bridgehead atoms. The largest absolute Gasteiger partial charge is 0.504 e. The molecule has 0 unspecified atom stereocenters. The predicted molar refractivity (Wildman–Crippen MR) is 139 cm³/mol. The lowest BCUT2D eigenvalue weighted by Gasteiger charge is -2.65. The molecule has 1 aromatic heterocycles. The van der Waals surface area contributed by atoms with E-state index in [2.05, 4.69) is 4.90 Å². The molecule has 2 saturated carbocycles. The van der Waals surface area contributed by atoms with Crippen LogP contribution >= 0.6 is 0 Å². The smallest absolute Gasteiger partial charge is 0.303 e. The number of phenols is 1. The fourth-order valence-electron chi connectivity index (χ4n) is 8.10. The van der Waals surface area contributed by atoms with Crippen LogP contribution in [0.5, 0.6) is 11.5 Å². The van der Waals surface area contributed by atoms with E-state index >= 15 is 0 Å². The third kappa shape index (κ3) is 3.25. The molecule has 7 rings (SSSR count). The van der Waals surface area contributed by atoms with Crippen molar-refractivity contribution < 1.29 is 28.6 Å². The van der Waals surface area contributed by atoms with E-state index in [-0.39, 0.29) is 29.7 Å². The number of likely N-dealkylation sites (tertiary alicyclic amines) is 1. The van der Waals surface area contributed by atoms with E-state index in [4.69, 9.17) is 13.9 Å². The van der Waals surface area contributed by atoms with E-state index in [1.807, 2.05) is 13.1 Å². The summed E-state index contributed by atoms with van der Waals surface area (Å²) < 4.78 is 18.3. The van der Waals surface area contributed by atoms with Crippen molar-refractivity contribution in [3.8, 4) is 11.5 Å². The molecule has 1 amide bonds. The van der Waals surface area contributed by atoms with Crippen LogP contribution in [-0.4, -0.2) is 70.7 Å². The van der Waals surface area contributed by atoms with Gasteiger partial charge in [-0.3, -0.25) is 14.5 Å². The van der Waals surface area contributed by atoms with Gasteiger partial charge in [0.2, 0.25) is 5.91 Å². The second-order valence-corrected chi connectivity index (χ2v) is 11.8. The second-order valence-electron chi connectivity index (χ2n) is 11.8. The summed E-state index contributed by atoms with van der Waals surface area (Å²) in [5, 5.41) is 10.9. The molecule has 1 saturated heterocycles. The van der Waals surface area contributed by atoms with E-state index < -0.39 is 17.1 Å². The number of phenolic OH excluding ortho intramolecular Hbond substituents is 1. The number of hydrogen-bond donors (Lipinski definition) is 1. The zero-order chi connectivity index (χ0) is 26.2. The highest BCUT2D eigenvalue weighted by Gasteiger charge is 2.75. The van der Waals surface area contributed by atoms with Crippen molar-refractivity contribution in [3.63, 3.8) is 0 Å². The van der Waals surface area contributed by atoms with Crippen LogP contribution in [0.15, 0.2) is 41.2 Å². The van der Waals surface area contributed by atoms with Gasteiger partial charge >= 0.3 is 5.97 Å². The maximum atomic E-state index is 13.3. The third-order valence-electron chi connectivity index (χ3n) is 9.82. The van der Waals surface area contributed by atoms with E-state index in [1.54, 1.807) is 41.7 Å². The van der Waals surface area contributed by atoms with Crippen molar-refractivity contribution >= 4 is 18.0 Å². The molecule has 200 valence electrons. The Bertz CT molecular complexity index is 1320. The van der Waals surface area contributed by atoms with Crippen LogP contribution in [-0.2, 0) is 26.2 Å². The Morgan fingerprint density at radius 2 is 2.08 bits per heavy atom. The number of carbonyl (C=O) groups is 2. The molecule has 1 aromatic carbocycles. The van der Waals surface area contributed by atoms with Gasteiger partial charge in [-0.05, 0) is 74.8 Å². The van der Waals surface area contributed by atoms with Crippen LogP contribution in [0, 0.1) is 5.92 Å². The van der Waals surface area contributed by atoms with Gasteiger partial charge in [-0.2, -0.15) is 0 Å². The van der Waals surface area contributed by atoms with Crippen LogP contribution in [0.2, 0.25) is 0 Å². The Morgan fingerprint density at radius 1 is 1.24 bits per heavy atom. The fraction of sp³-hybridized carbons (Fsp3) is 0.533. The third-order valence-corrected chi connectivity index (χ3v) is 9.82. The van der Waals surface area contributed by atoms with E-state index in [0.717, 1.165) is 42.6 Å². The maximum Gasteiger partial charge on any atom is 0.303 e. The topological polar surface area (TPSA) is 92.5 Å². The maximum absolute atomic E-state index is 13.3. The van der Waals surface area contributed by atoms with E-state index in [9.17, 15) is 14.7 Å². The van der Waals surface area contributed by atoms with Crippen molar-refractivity contribution in [3.05, 3.63) is 53.5 Å². The molecule has 3 heterocycles. The van der Waals surface area contributed by atoms with Crippen molar-refractivity contribution in [1.29, 1.82) is 0 Å². The van der Waals surface area contributed by atoms with E-state index in [0.29, 0.717) is 24.5 Å². The highest BCUT2D eigenvalue weighted by atomic mass is 16.6. The zero-order valence-electron chi connectivity index (χ0n) is 21.9. The molecule has 0 radical (unpaired) electrons. The van der Waals surface area contributed by atoms with Gasteiger partial charge in [-0.25, -0.2) is 0 Å². The lowest BCUT2D eigenvalue weighted by Crippen LogP contribution is -2.79. The summed E-state index contributed by atoms with van der Waals surface area (Å²) in [6.07, 6.45) is 11.3. The number of carbonyl (C=O) groups excluding carboxylic acids is 2. The minimum absolute atomic E-state index is 0.0396. The highest BCUT2D eigenvalue weighted by Crippen LogP contribution is 2.67. The van der Waals surface area contributed by atoms with Gasteiger partial charge in [0, 0.05) is 37.7 Å². The number of piperidine rings is 1. The quantitative estimate of drug-likeness (QED) is 0.461. The molecule has 8 heteroatoms. The van der Waals surface area contributed by atoms with Crippen molar-refractivity contribution in [2.75, 3.05) is 20.1 Å². The van der Waals surface area contributed by atoms with Crippen molar-refractivity contribution in [2.45, 2.75) is 74.7 Å². The Hall–Kier alpha value is -3.26. The Balaban J connectivity index is 1.32. The van der Waals surface area contributed by atoms with Gasteiger partial charge < -0.3 is 23.9 Å². The van der Waals surface area contributed by atoms with Gasteiger partial charge in [0.15, 0.2) is 11.5 Å². The Morgan fingerprint density at radius 3 is 2.82 bits per heavy atom. The van der Waals surface area contributed by atoms with Gasteiger partial charge in [-0.15, -0.1) is 0 Å². The number of hydrogen-bond acceptors (Lipinski definition) is 7. The minimum atomic E-state index is -0.768. The fourth-order valence-corrected chi connectivity index (χ4v) is 8.10. The van der Waals surface area contributed by atoms with Crippen LogP contribution < -0.4 is 4.74 Å².